The number of thiazole rings is 1. The molecule has 0 saturated carbocycles. The summed E-state index contributed by atoms with van der Waals surface area (Å²) in [6.07, 6.45) is -0.153. The first-order valence-electron chi connectivity index (χ1n) is 2.72. The number of nitrogens with zero attached hydrogens (tertiary/aromatic N) is 2. The lowest BCUT2D eigenvalue weighted by Gasteiger charge is -1.84. The fourth-order valence-corrected chi connectivity index (χ4v) is 1.24. The van der Waals surface area contributed by atoms with Crippen LogP contribution in [0, 0.1) is 4.91 Å². The quantitative estimate of drug-likeness (QED) is 0.694. The zero-order chi connectivity index (χ0) is 8.27. The van der Waals surface area contributed by atoms with E-state index in [2.05, 4.69) is 10.2 Å². The van der Waals surface area contributed by atoms with Crippen LogP contribution in [0.1, 0.15) is 5.01 Å². The number of carboxylic acids is 1. The molecule has 0 atom stereocenters. The zero-order valence-electron chi connectivity index (χ0n) is 5.35. The van der Waals surface area contributed by atoms with Crippen LogP contribution in [0.25, 0.3) is 0 Å². The van der Waals surface area contributed by atoms with Gasteiger partial charge < -0.3 is 5.11 Å². The predicted molar refractivity (Wildman–Crippen MR) is 38.9 cm³/mol. The Morgan fingerprint density at radius 3 is 3.00 bits per heavy atom. The third-order valence-electron chi connectivity index (χ3n) is 0.936. The molecular weight excluding hydrogens is 168 g/mol. The van der Waals surface area contributed by atoms with Crippen LogP contribution in [0.5, 0.6) is 0 Å². The van der Waals surface area contributed by atoms with Gasteiger partial charge in [0, 0.05) is 5.38 Å². The summed E-state index contributed by atoms with van der Waals surface area (Å²) in [5.41, 5.74) is 0. The first kappa shape index (κ1) is 7.80. The summed E-state index contributed by atoms with van der Waals surface area (Å²) in [7, 11) is 0. The van der Waals surface area contributed by atoms with Gasteiger partial charge in [-0.2, -0.15) is 0 Å². The summed E-state index contributed by atoms with van der Waals surface area (Å²) in [5, 5.41) is 12.7. The number of aliphatic carboxylic acids is 1. The number of hydrogen-bond acceptors (Lipinski definition) is 5. The summed E-state index contributed by atoms with van der Waals surface area (Å²) in [6, 6.07) is 0. The fraction of sp³-hybridized carbons (Fsp3) is 0.200. The Bertz CT molecular complexity index is 283. The van der Waals surface area contributed by atoms with Gasteiger partial charge in [-0.3, -0.25) is 4.79 Å². The third kappa shape index (κ3) is 2.08. The molecule has 0 amide bonds. The summed E-state index contributed by atoms with van der Waals surface area (Å²) in [4.78, 5) is 23.6. The number of rotatable bonds is 3. The van der Waals surface area contributed by atoms with Crippen molar-refractivity contribution in [2.24, 2.45) is 5.18 Å². The maximum atomic E-state index is 10.1. The monoisotopic (exact) mass is 172 g/mol. The van der Waals surface area contributed by atoms with Gasteiger partial charge >= 0.3 is 5.97 Å². The number of hydrogen-bond donors (Lipinski definition) is 1. The molecular formula is C5H4N2O3S. The molecule has 0 aliphatic carbocycles. The van der Waals surface area contributed by atoms with Crippen molar-refractivity contribution in [3.8, 4) is 0 Å². The lowest BCUT2D eigenvalue weighted by molar-refractivity contribution is -0.136. The maximum Gasteiger partial charge on any atom is 0.310 e. The second-order valence-electron chi connectivity index (χ2n) is 1.76. The van der Waals surface area contributed by atoms with Crippen molar-refractivity contribution in [3.63, 3.8) is 0 Å². The Labute approximate surface area is 65.7 Å². The van der Waals surface area contributed by atoms with Crippen molar-refractivity contribution in [1.29, 1.82) is 0 Å². The Morgan fingerprint density at radius 2 is 2.55 bits per heavy atom. The molecule has 1 rings (SSSR count). The van der Waals surface area contributed by atoms with Crippen LogP contribution < -0.4 is 0 Å². The van der Waals surface area contributed by atoms with E-state index in [4.69, 9.17) is 5.11 Å². The molecule has 1 aromatic rings. The molecule has 6 heteroatoms. The summed E-state index contributed by atoms with van der Waals surface area (Å²) >= 11 is 1.12. The average molecular weight is 172 g/mol. The second kappa shape index (κ2) is 3.20. The minimum absolute atomic E-state index is 0.0475. The highest BCUT2D eigenvalue weighted by Gasteiger charge is 2.05. The average Bonchev–Trinajstić information content (AvgIpc) is 2.34. The smallest absolute Gasteiger partial charge is 0.310 e. The Morgan fingerprint density at radius 1 is 1.82 bits per heavy atom. The number of nitroso groups, excluding NO2 is 1. The normalized spacial score (nSPS) is 9.45. The fourth-order valence-electron chi connectivity index (χ4n) is 0.554. The van der Waals surface area contributed by atoms with Gasteiger partial charge in [0.25, 0.3) is 0 Å². The first-order valence-corrected chi connectivity index (χ1v) is 3.60. The minimum atomic E-state index is -0.961. The standard InChI is InChI=1S/C5H4N2O3S/c8-5(9)1-4-6-3(7-10)2-11-4/h2H,1H2,(H,8,9). The lowest BCUT2D eigenvalue weighted by Crippen LogP contribution is -1.98. The van der Waals surface area contributed by atoms with E-state index in [1.165, 1.54) is 5.38 Å². The van der Waals surface area contributed by atoms with E-state index in [1.807, 2.05) is 0 Å². The largest absolute Gasteiger partial charge is 0.481 e. The van der Waals surface area contributed by atoms with Gasteiger partial charge in [-0.25, -0.2) is 4.98 Å². The Balaban J connectivity index is 2.72. The molecule has 0 aromatic carbocycles. The van der Waals surface area contributed by atoms with Gasteiger partial charge in [-0.1, -0.05) is 0 Å². The van der Waals surface area contributed by atoms with Gasteiger partial charge in [0.15, 0.2) is 0 Å². The minimum Gasteiger partial charge on any atom is -0.481 e. The van der Waals surface area contributed by atoms with Crippen LogP contribution in [-0.2, 0) is 11.2 Å². The summed E-state index contributed by atoms with van der Waals surface area (Å²) < 4.78 is 0. The highest BCUT2D eigenvalue weighted by Crippen LogP contribution is 2.16. The molecule has 5 nitrogen and oxygen atoms in total. The molecule has 0 saturated heterocycles. The van der Waals surface area contributed by atoms with E-state index in [1.54, 1.807) is 0 Å². The molecule has 0 unspecified atom stereocenters. The molecule has 0 aliphatic rings. The molecule has 0 fully saturated rings. The van der Waals surface area contributed by atoms with Crippen LogP contribution in [0.2, 0.25) is 0 Å². The molecule has 1 aromatic heterocycles. The second-order valence-corrected chi connectivity index (χ2v) is 2.70. The SMILES string of the molecule is O=Nc1csc(CC(=O)O)n1. The molecule has 0 bridgehead atoms. The van der Waals surface area contributed by atoms with E-state index in [0.717, 1.165) is 11.3 Å². The van der Waals surface area contributed by atoms with E-state index in [0.29, 0.717) is 5.01 Å². The maximum absolute atomic E-state index is 10.1. The van der Waals surface area contributed by atoms with Crippen molar-refractivity contribution in [3.05, 3.63) is 15.3 Å². The molecule has 1 heterocycles. The van der Waals surface area contributed by atoms with Gasteiger partial charge in [0.05, 0.1) is 6.42 Å². The van der Waals surface area contributed by atoms with Gasteiger partial charge in [0.1, 0.15) is 5.01 Å². The summed E-state index contributed by atoms with van der Waals surface area (Å²) in [5.74, 6) is -0.914. The highest BCUT2D eigenvalue weighted by molar-refractivity contribution is 7.10. The Hall–Kier alpha value is -1.30. The molecule has 11 heavy (non-hydrogen) atoms. The molecule has 0 spiro atoms. The van der Waals surface area contributed by atoms with Crippen LogP contribution in [0.4, 0.5) is 5.82 Å². The van der Waals surface area contributed by atoms with Gasteiger partial charge in [-0.05, 0) is 5.18 Å². The van der Waals surface area contributed by atoms with Crippen LogP contribution in [-0.4, -0.2) is 16.1 Å². The molecule has 58 valence electrons. The third-order valence-corrected chi connectivity index (χ3v) is 1.77. The molecule has 0 radical (unpaired) electrons. The van der Waals surface area contributed by atoms with E-state index >= 15 is 0 Å². The summed E-state index contributed by atoms with van der Waals surface area (Å²) in [6.45, 7) is 0. The number of carbonyl (C=O) groups is 1. The number of carboxylic acid groups (broad SMARTS) is 1. The van der Waals surface area contributed by atoms with Gasteiger partial charge in [-0.15, -0.1) is 16.2 Å². The first-order chi connectivity index (χ1) is 5.22. The molecule has 0 aliphatic heterocycles. The van der Waals surface area contributed by atoms with Crippen LogP contribution in [0.15, 0.2) is 10.6 Å². The van der Waals surface area contributed by atoms with Crippen molar-refractivity contribution in [2.45, 2.75) is 6.42 Å². The van der Waals surface area contributed by atoms with Crippen LogP contribution >= 0.6 is 11.3 Å². The predicted octanol–water partition coefficient (Wildman–Crippen LogP) is 1.17. The molecule has 1 N–H and O–H groups in total. The van der Waals surface area contributed by atoms with Crippen molar-refractivity contribution >= 4 is 23.1 Å². The highest BCUT2D eigenvalue weighted by atomic mass is 32.1. The lowest BCUT2D eigenvalue weighted by atomic mass is 10.5. The number of aromatic nitrogens is 1. The van der Waals surface area contributed by atoms with E-state index < -0.39 is 5.97 Å². The van der Waals surface area contributed by atoms with Crippen molar-refractivity contribution in [1.82, 2.24) is 4.98 Å². The van der Waals surface area contributed by atoms with Crippen molar-refractivity contribution in [2.75, 3.05) is 0 Å². The zero-order valence-corrected chi connectivity index (χ0v) is 6.17. The van der Waals surface area contributed by atoms with E-state index in [-0.39, 0.29) is 12.2 Å². The van der Waals surface area contributed by atoms with Gasteiger partial charge in [0.2, 0.25) is 5.82 Å². The van der Waals surface area contributed by atoms with Crippen LogP contribution in [0.3, 0.4) is 0 Å². The Kier molecular flexibility index (Phi) is 2.27. The topological polar surface area (TPSA) is 79.6 Å². The van der Waals surface area contributed by atoms with Crippen molar-refractivity contribution < 1.29 is 9.90 Å². The van der Waals surface area contributed by atoms with E-state index in [9.17, 15) is 9.70 Å².